The van der Waals surface area contributed by atoms with Gasteiger partial charge in [0.25, 0.3) is 0 Å². The van der Waals surface area contributed by atoms with Gasteiger partial charge in [-0.1, -0.05) is 35.9 Å². The van der Waals surface area contributed by atoms with Gasteiger partial charge in [0.1, 0.15) is 9.88 Å². The Morgan fingerprint density at radius 3 is 2.62 bits per heavy atom. The number of rotatable bonds is 4. The molecule has 0 aliphatic rings. The number of hydrogen-bond donors (Lipinski definition) is 1. The summed E-state index contributed by atoms with van der Waals surface area (Å²) in [5.74, 6) is -0.905. The van der Waals surface area contributed by atoms with Crippen molar-refractivity contribution < 1.29 is 9.90 Å². The molecule has 0 unspecified atom stereocenters. The van der Waals surface area contributed by atoms with Crippen LogP contribution in [-0.2, 0) is 6.42 Å². The van der Waals surface area contributed by atoms with E-state index in [4.69, 9.17) is 0 Å². The third kappa shape index (κ3) is 3.04. The van der Waals surface area contributed by atoms with Gasteiger partial charge < -0.3 is 5.11 Å². The Kier molecular flexibility index (Phi) is 3.86. The Bertz CT molecular complexity index is 758. The van der Waals surface area contributed by atoms with Crippen LogP contribution in [0.4, 0.5) is 0 Å². The molecule has 0 fully saturated rings. The van der Waals surface area contributed by atoms with Crippen LogP contribution >= 0.6 is 22.7 Å². The van der Waals surface area contributed by atoms with Crippen molar-refractivity contribution in [2.75, 3.05) is 0 Å². The number of aryl methyl sites for hydroxylation is 1. The molecular formula is C16H13NO2S2. The van der Waals surface area contributed by atoms with Crippen LogP contribution in [0.1, 0.15) is 25.8 Å². The van der Waals surface area contributed by atoms with Gasteiger partial charge in [0, 0.05) is 16.9 Å². The van der Waals surface area contributed by atoms with Crippen molar-refractivity contribution in [1.82, 2.24) is 4.98 Å². The van der Waals surface area contributed by atoms with Crippen molar-refractivity contribution in [1.29, 1.82) is 0 Å². The normalized spacial score (nSPS) is 10.7. The highest BCUT2D eigenvalue weighted by atomic mass is 32.1. The lowest BCUT2D eigenvalue weighted by molar-refractivity contribution is 0.0701. The number of carbonyl (C=O) groups is 1. The molecule has 0 saturated carbocycles. The molecule has 21 heavy (non-hydrogen) atoms. The average molecular weight is 315 g/mol. The minimum Gasteiger partial charge on any atom is -0.477 e. The number of benzene rings is 1. The van der Waals surface area contributed by atoms with Crippen molar-refractivity contribution in [3.63, 3.8) is 0 Å². The van der Waals surface area contributed by atoms with E-state index in [1.807, 2.05) is 48.7 Å². The van der Waals surface area contributed by atoms with Crippen LogP contribution in [0.25, 0.3) is 10.6 Å². The van der Waals surface area contributed by atoms with Gasteiger partial charge in [-0.05, 0) is 18.4 Å². The highest BCUT2D eigenvalue weighted by molar-refractivity contribution is 7.17. The predicted octanol–water partition coefficient (Wildman–Crippen LogP) is 4.47. The highest BCUT2D eigenvalue weighted by Crippen LogP contribution is 2.30. The Hall–Kier alpha value is -1.98. The number of carboxylic acids is 1. The predicted molar refractivity (Wildman–Crippen MR) is 86.4 cm³/mol. The number of thiazole rings is 1. The van der Waals surface area contributed by atoms with Gasteiger partial charge in [-0.15, -0.1) is 22.7 Å². The molecule has 0 aliphatic carbocycles. The van der Waals surface area contributed by atoms with E-state index in [0.717, 1.165) is 15.4 Å². The van der Waals surface area contributed by atoms with Crippen LogP contribution in [-0.4, -0.2) is 16.1 Å². The zero-order chi connectivity index (χ0) is 14.8. The van der Waals surface area contributed by atoms with Gasteiger partial charge in [-0.3, -0.25) is 0 Å². The maximum Gasteiger partial charge on any atom is 0.347 e. The molecule has 0 aliphatic heterocycles. The number of thiophene rings is 1. The summed E-state index contributed by atoms with van der Waals surface area (Å²) in [6.45, 7) is 2.02. The third-order valence-corrected chi connectivity index (χ3v) is 5.12. The Morgan fingerprint density at radius 1 is 1.24 bits per heavy atom. The average Bonchev–Trinajstić information content (AvgIpc) is 3.10. The van der Waals surface area contributed by atoms with Gasteiger partial charge in [-0.25, -0.2) is 9.78 Å². The first-order valence-electron chi connectivity index (χ1n) is 6.46. The second-order valence-corrected chi connectivity index (χ2v) is 6.75. The van der Waals surface area contributed by atoms with Crippen LogP contribution in [0, 0.1) is 6.92 Å². The summed E-state index contributed by atoms with van der Waals surface area (Å²) in [4.78, 5) is 17.4. The van der Waals surface area contributed by atoms with Gasteiger partial charge in [0.05, 0.1) is 5.69 Å². The molecule has 0 bridgehead atoms. The lowest BCUT2D eigenvalue weighted by atomic mass is 10.1. The molecule has 1 aromatic carbocycles. The Labute approximate surface area is 130 Å². The molecule has 0 atom stereocenters. The smallest absolute Gasteiger partial charge is 0.347 e. The minimum absolute atomic E-state index is 0.332. The summed E-state index contributed by atoms with van der Waals surface area (Å²) in [6, 6.07) is 11.9. The molecule has 0 amide bonds. The van der Waals surface area contributed by atoms with E-state index in [0.29, 0.717) is 17.0 Å². The number of hydrogen-bond acceptors (Lipinski definition) is 4. The molecule has 106 valence electrons. The van der Waals surface area contributed by atoms with E-state index in [1.165, 1.54) is 16.9 Å². The van der Waals surface area contributed by atoms with Crippen molar-refractivity contribution in [2.45, 2.75) is 13.3 Å². The second-order valence-electron chi connectivity index (χ2n) is 4.72. The van der Waals surface area contributed by atoms with Crippen molar-refractivity contribution in [2.24, 2.45) is 0 Å². The maximum absolute atomic E-state index is 11.4. The van der Waals surface area contributed by atoms with Gasteiger partial charge in [-0.2, -0.15) is 0 Å². The van der Waals surface area contributed by atoms with E-state index in [-0.39, 0.29) is 0 Å². The molecule has 2 aromatic heterocycles. The zero-order valence-electron chi connectivity index (χ0n) is 11.4. The summed E-state index contributed by atoms with van der Waals surface area (Å²) in [5.41, 5.74) is 2.78. The summed E-state index contributed by atoms with van der Waals surface area (Å²) in [7, 11) is 0. The summed E-state index contributed by atoms with van der Waals surface area (Å²) in [6.07, 6.45) is 0.571. The molecule has 2 heterocycles. The van der Waals surface area contributed by atoms with Crippen LogP contribution in [0.2, 0.25) is 0 Å². The molecular weight excluding hydrogens is 302 g/mol. The molecule has 0 saturated heterocycles. The summed E-state index contributed by atoms with van der Waals surface area (Å²) >= 11 is 2.86. The van der Waals surface area contributed by atoms with Crippen LogP contribution in [0.5, 0.6) is 0 Å². The first-order chi connectivity index (χ1) is 10.1. The monoisotopic (exact) mass is 315 g/mol. The fourth-order valence-corrected chi connectivity index (χ4v) is 3.67. The van der Waals surface area contributed by atoms with Crippen LogP contribution in [0.3, 0.4) is 0 Å². The lowest BCUT2D eigenvalue weighted by Crippen LogP contribution is -1.98. The first kappa shape index (κ1) is 14.0. The summed E-state index contributed by atoms with van der Waals surface area (Å²) in [5, 5.41) is 12.1. The molecule has 1 N–H and O–H groups in total. The molecule has 0 spiro atoms. The van der Waals surface area contributed by atoms with E-state index >= 15 is 0 Å². The molecule has 3 nitrogen and oxygen atoms in total. The van der Waals surface area contributed by atoms with E-state index in [9.17, 15) is 9.90 Å². The van der Waals surface area contributed by atoms with Crippen LogP contribution in [0.15, 0.2) is 41.8 Å². The molecule has 5 heteroatoms. The maximum atomic E-state index is 11.4. The van der Waals surface area contributed by atoms with Gasteiger partial charge >= 0.3 is 5.97 Å². The largest absolute Gasteiger partial charge is 0.477 e. The number of aromatic nitrogens is 1. The van der Waals surface area contributed by atoms with E-state index in [1.54, 1.807) is 11.3 Å². The molecule has 3 aromatic rings. The number of nitrogens with zero attached hydrogens (tertiary/aromatic N) is 1. The van der Waals surface area contributed by atoms with Crippen molar-refractivity contribution in [3.05, 3.63) is 62.8 Å². The highest BCUT2D eigenvalue weighted by Gasteiger charge is 2.18. The Morgan fingerprint density at radius 2 is 2.00 bits per heavy atom. The topological polar surface area (TPSA) is 50.2 Å². The first-order valence-corrected chi connectivity index (χ1v) is 8.15. The standard InChI is InChI=1S/C16H13NO2S2/c1-10-4-6-11(7-5-10)15-17-13(14(21-15)16(18)19)9-12-3-2-8-20-12/h2-8H,9H2,1H3,(H,18,19). The van der Waals surface area contributed by atoms with E-state index < -0.39 is 5.97 Å². The van der Waals surface area contributed by atoms with Crippen LogP contribution < -0.4 is 0 Å². The SMILES string of the molecule is Cc1ccc(-c2nc(Cc3cccs3)c(C(=O)O)s2)cc1. The van der Waals surface area contributed by atoms with Crippen molar-refractivity contribution in [3.8, 4) is 10.6 Å². The fourth-order valence-electron chi connectivity index (χ4n) is 2.04. The minimum atomic E-state index is -0.905. The van der Waals surface area contributed by atoms with Gasteiger partial charge in [0.15, 0.2) is 0 Å². The fraction of sp³-hybridized carbons (Fsp3) is 0.125. The lowest BCUT2D eigenvalue weighted by Gasteiger charge is -1.97. The van der Waals surface area contributed by atoms with Gasteiger partial charge in [0.2, 0.25) is 0 Å². The second kappa shape index (κ2) is 5.79. The zero-order valence-corrected chi connectivity index (χ0v) is 13.0. The summed E-state index contributed by atoms with van der Waals surface area (Å²) < 4.78 is 0. The van der Waals surface area contributed by atoms with Crippen molar-refractivity contribution >= 4 is 28.6 Å². The number of carboxylic acid groups (broad SMARTS) is 1. The number of aromatic carboxylic acids is 1. The third-order valence-electron chi connectivity index (χ3n) is 3.11. The van der Waals surface area contributed by atoms with E-state index in [2.05, 4.69) is 4.98 Å². The molecule has 0 radical (unpaired) electrons. The Balaban J connectivity index is 1.99. The molecule has 3 rings (SSSR count). The quantitative estimate of drug-likeness (QED) is 0.773.